The molecule has 0 aromatic carbocycles. The Labute approximate surface area is 575 Å². The lowest BCUT2D eigenvalue weighted by atomic mass is 10.0. The molecule has 0 saturated carbocycles. The maximum Gasteiger partial charge on any atom is 0.472 e. The van der Waals surface area contributed by atoms with Crippen molar-refractivity contribution in [1.82, 2.24) is 0 Å². The topological polar surface area (TPSA) is 237 Å². The van der Waals surface area contributed by atoms with E-state index < -0.39 is 97.5 Å². The number of unbranched alkanes of at least 4 members (excludes halogenated alkanes) is 50. The van der Waals surface area contributed by atoms with Crippen molar-refractivity contribution in [2.45, 2.75) is 418 Å². The molecular formula is C75H146O17P2. The molecule has 19 heteroatoms. The number of aliphatic hydroxyl groups excluding tert-OH is 1. The number of ether oxygens (including phenoxy) is 4. The molecule has 0 heterocycles. The summed E-state index contributed by atoms with van der Waals surface area (Å²) < 4.78 is 68.5. The van der Waals surface area contributed by atoms with Gasteiger partial charge in [0.2, 0.25) is 0 Å². The summed E-state index contributed by atoms with van der Waals surface area (Å²) in [7, 11) is -9.91. The lowest BCUT2D eigenvalue weighted by molar-refractivity contribution is -0.161. The summed E-state index contributed by atoms with van der Waals surface area (Å²) in [4.78, 5) is 72.8. The van der Waals surface area contributed by atoms with Crippen LogP contribution in [0.3, 0.4) is 0 Å². The summed E-state index contributed by atoms with van der Waals surface area (Å²) in [6, 6.07) is 0. The largest absolute Gasteiger partial charge is 0.472 e. The summed E-state index contributed by atoms with van der Waals surface area (Å²) in [5.74, 6) is -2.11. The van der Waals surface area contributed by atoms with Crippen molar-refractivity contribution in [1.29, 1.82) is 0 Å². The first-order chi connectivity index (χ1) is 45.7. The third-order valence-corrected chi connectivity index (χ3v) is 19.5. The molecule has 0 spiro atoms. The molecular weight excluding hydrogens is 1230 g/mol. The van der Waals surface area contributed by atoms with Gasteiger partial charge < -0.3 is 33.8 Å². The van der Waals surface area contributed by atoms with Crippen LogP contribution in [-0.4, -0.2) is 96.7 Å². The van der Waals surface area contributed by atoms with Crippen LogP contribution in [-0.2, 0) is 65.4 Å². The van der Waals surface area contributed by atoms with Crippen LogP contribution < -0.4 is 0 Å². The standard InChI is InChI=1S/C75H146O17P2/c1-5-9-13-17-21-25-29-32-34-36-39-42-46-50-54-58-62-75(80)92-71(66-86-73(78)60-56-52-48-44-40-38-35-33-30-26-22-18-14-10-6-2)68-90-94(83,84)88-64-69(76)63-87-93(81,82)89-67-70(65-85-72(77)59-55-51-47-43-28-24-20-16-12-8-4)91-74(79)61-57-53-49-45-41-37-31-27-23-19-15-11-7-3/h69-71,76H,5-68H2,1-4H3,(H,81,82)(H,83,84)/t69-,70+,71+/m0/s1. The van der Waals surface area contributed by atoms with E-state index in [1.54, 1.807) is 0 Å². The Kier molecular flexibility index (Phi) is 68.1. The van der Waals surface area contributed by atoms with Crippen molar-refractivity contribution in [3.05, 3.63) is 0 Å². The second-order valence-electron chi connectivity index (χ2n) is 27.0. The number of hydrogen-bond acceptors (Lipinski definition) is 15. The van der Waals surface area contributed by atoms with Crippen LogP contribution in [0.4, 0.5) is 0 Å². The molecule has 0 rings (SSSR count). The minimum Gasteiger partial charge on any atom is -0.462 e. The minimum atomic E-state index is -4.95. The molecule has 3 N–H and O–H groups in total. The smallest absolute Gasteiger partial charge is 0.462 e. The average Bonchev–Trinajstić information content (AvgIpc) is 2.13. The van der Waals surface area contributed by atoms with E-state index in [0.29, 0.717) is 25.7 Å². The van der Waals surface area contributed by atoms with Crippen LogP contribution in [0, 0.1) is 0 Å². The van der Waals surface area contributed by atoms with E-state index in [1.165, 1.54) is 231 Å². The Balaban J connectivity index is 5.24. The monoisotopic (exact) mass is 1380 g/mol. The van der Waals surface area contributed by atoms with Gasteiger partial charge in [0.05, 0.1) is 26.4 Å². The van der Waals surface area contributed by atoms with Gasteiger partial charge in [-0.3, -0.25) is 37.3 Å². The second kappa shape index (κ2) is 69.5. The SMILES string of the molecule is CCCCCCCCCCCCCCCCCCC(=O)O[C@H](COC(=O)CCCCCCCCCCCCCCCCC)COP(=O)(O)OC[C@@H](O)COP(=O)(O)OC[C@@H](COC(=O)CCCCCCCCCCCC)OC(=O)CCCCCCCCCCCCCCC. The maximum atomic E-state index is 13.1. The number of hydrogen-bond donors (Lipinski definition) is 3. The van der Waals surface area contributed by atoms with Gasteiger partial charge in [0.15, 0.2) is 12.2 Å². The van der Waals surface area contributed by atoms with Crippen molar-refractivity contribution < 1.29 is 80.2 Å². The maximum absolute atomic E-state index is 13.1. The van der Waals surface area contributed by atoms with Crippen LogP contribution >= 0.6 is 15.6 Å². The van der Waals surface area contributed by atoms with Crippen LogP contribution in [0.2, 0.25) is 0 Å². The highest BCUT2D eigenvalue weighted by Crippen LogP contribution is 2.45. The van der Waals surface area contributed by atoms with Gasteiger partial charge in [-0.15, -0.1) is 0 Å². The molecule has 5 atom stereocenters. The minimum absolute atomic E-state index is 0.108. The zero-order chi connectivity index (χ0) is 69.0. The summed E-state index contributed by atoms with van der Waals surface area (Å²) in [5.41, 5.74) is 0. The second-order valence-corrected chi connectivity index (χ2v) is 29.9. The number of phosphoric ester groups is 2. The Morgan fingerprint density at radius 1 is 0.255 bits per heavy atom. The van der Waals surface area contributed by atoms with Crippen molar-refractivity contribution in [3.8, 4) is 0 Å². The fourth-order valence-corrected chi connectivity index (χ4v) is 13.2. The summed E-state index contributed by atoms with van der Waals surface area (Å²) in [5, 5.41) is 10.6. The quantitative estimate of drug-likeness (QED) is 0.0222. The first-order valence-electron chi connectivity index (χ1n) is 39.3. The number of phosphoric acid groups is 2. The third kappa shape index (κ3) is 68.6. The van der Waals surface area contributed by atoms with E-state index in [2.05, 4.69) is 27.7 Å². The fraction of sp³-hybridized carbons (Fsp3) is 0.947. The number of aliphatic hydroxyl groups is 1. The van der Waals surface area contributed by atoms with Gasteiger partial charge in [-0.05, 0) is 25.7 Å². The van der Waals surface area contributed by atoms with Crippen molar-refractivity contribution >= 4 is 39.5 Å². The molecule has 558 valence electrons. The highest BCUT2D eigenvalue weighted by atomic mass is 31.2. The van der Waals surface area contributed by atoms with Gasteiger partial charge in [-0.2, -0.15) is 0 Å². The van der Waals surface area contributed by atoms with E-state index in [-0.39, 0.29) is 25.7 Å². The first kappa shape index (κ1) is 92.1. The highest BCUT2D eigenvalue weighted by Gasteiger charge is 2.30. The van der Waals surface area contributed by atoms with Crippen LogP contribution in [0.15, 0.2) is 0 Å². The van der Waals surface area contributed by atoms with E-state index >= 15 is 0 Å². The van der Waals surface area contributed by atoms with E-state index in [4.69, 9.17) is 37.0 Å². The molecule has 0 saturated heterocycles. The van der Waals surface area contributed by atoms with Gasteiger partial charge in [0.25, 0.3) is 0 Å². The van der Waals surface area contributed by atoms with Gasteiger partial charge in [0, 0.05) is 25.7 Å². The Morgan fingerprint density at radius 2 is 0.426 bits per heavy atom. The van der Waals surface area contributed by atoms with Crippen molar-refractivity contribution in [2.75, 3.05) is 39.6 Å². The van der Waals surface area contributed by atoms with Crippen molar-refractivity contribution in [3.63, 3.8) is 0 Å². The number of carbonyl (C=O) groups is 4. The number of esters is 4. The zero-order valence-corrected chi connectivity index (χ0v) is 62.7. The number of rotatable bonds is 76. The molecule has 0 aromatic heterocycles. The highest BCUT2D eigenvalue weighted by molar-refractivity contribution is 7.47. The van der Waals surface area contributed by atoms with Crippen LogP contribution in [0.5, 0.6) is 0 Å². The summed E-state index contributed by atoms with van der Waals surface area (Å²) in [6.07, 6.45) is 59.4. The molecule has 0 aliphatic rings. The third-order valence-electron chi connectivity index (χ3n) is 17.6. The van der Waals surface area contributed by atoms with E-state index in [9.17, 15) is 43.2 Å². The molecule has 0 aromatic rings. The molecule has 0 aliphatic carbocycles. The molecule has 0 amide bonds. The van der Waals surface area contributed by atoms with E-state index in [1.807, 2.05) is 0 Å². The Morgan fingerprint density at radius 3 is 0.628 bits per heavy atom. The molecule has 0 aliphatic heterocycles. The predicted molar refractivity (Wildman–Crippen MR) is 382 cm³/mol. The molecule has 0 radical (unpaired) electrons. The molecule has 0 bridgehead atoms. The fourth-order valence-electron chi connectivity index (χ4n) is 11.6. The van der Waals surface area contributed by atoms with Crippen LogP contribution in [0.1, 0.15) is 400 Å². The van der Waals surface area contributed by atoms with Gasteiger partial charge in [0.1, 0.15) is 19.3 Å². The lowest BCUT2D eigenvalue weighted by Crippen LogP contribution is -2.30. The first-order valence-corrected chi connectivity index (χ1v) is 42.3. The summed E-state index contributed by atoms with van der Waals surface area (Å²) >= 11 is 0. The van der Waals surface area contributed by atoms with Gasteiger partial charge in [-0.1, -0.05) is 349 Å². The van der Waals surface area contributed by atoms with Crippen molar-refractivity contribution in [2.24, 2.45) is 0 Å². The Hall–Kier alpha value is -1.94. The zero-order valence-electron chi connectivity index (χ0n) is 60.9. The molecule has 0 fully saturated rings. The molecule has 94 heavy (non-hydrogen) atoms. The normalized spacial score (nSPS) is 13.9. The number of carbonyl (C=O) groups excluding carboxylic acids is 4. The average molecular weight is 1380 g/mol. The van der Waals surface area contributed by atoms with Gasteiger partial charge in [-0.25, -0.2) is 9.13 Å². The summed E-state index contributed by atoms with van der Waals surface area (Å²) in [6.45, 7) is 4.99. The Bertz CT molecular complexity index is 1790. The lowest BCUT2D eigenvalue weighted by Gasteiger charge is -2.21. The molecule has 2 unspecified atom stereocenters. The van der Waals surface area contributed by atoms with Gasteiger partial charge >= 0.3 is 39.5 Å². The van der Waals surface area contributed by atoms with Crippen LogP contribution in [0.25, 0.3) is 0 Å². The molecule has 17 nitrogen and oxygen atoms in total. The van der Waals surface area contributed by atoms with E-state index in [0.717, 1.165) is 89.9 Å². The predicted octanol–water partition coefficient (Wildman–Crippen LogP) is 22.2.